The summed E-state index contributed by atoms with van der Waals surface area (Å²) in [6.07, 6.45) is 1.89. The SMILES string of the molecule is CN(C)/C=C(/C(N)=S)c1ccc(Cl)cc1. The van der Waals surface area contributed by atoms with Gasteiger partial charge in [0.05, 0.1) is 0 Å². The molecular weight excluding hydrogens is 228 g/mol. The summed E-state index contributed by atoms with van der Waals surface area (Å²) in [5, 5.41) is 0.700. The maximum atomic E-state index is 5.81. The van der Waals surface area contributed by atoms with Gasteiger partial charge in [0.25, 0.3) is 0 Å². The number of nitrogens with two attached hydrogens (primary N) is 1. The van der Waals surface area contributed by atoms with Crippen LogP contribution in [0.25, 0.3) is 5.57 Å². The monoisotopic (exact) mass is 240 g/mol. The topological polar surface area (TPSA) is 29.3 Å². The van der Waals surface area contributed by atoms with Gasteiger partial charge in [0.2, 0.25) is 0 Å². The largest absolute Gasteiger partial charge is 0.389 e. The molecule has 0 aliphatic carbocycles. The summed E-state index contributed by atoms with van der Waals surface area (Å²) in [5.41, 5.74) is 7.47. The van der Waals surface area contributed by atoms with Crippen LogP contribution in [0, 0.1) is 0 Å². The Bertz CT molecular complexity index is 382. The second-order valence-electron chi connectivity index (χ2n) is 3.38. The van der Waals surface area contributed by atoms with Crippen molar-refractivity contribution in [3.8, 4) is 0 Å². The lowest BCUT2D eigenvalue weighted by Crippen LogP contribution is -2.14. The average Bonchev–Trinajstić information content (AvgIpc) is 2.15. The van der Waals surface area contributed by atoms with Gasteiger partial charge in [-0.15, -0.1) is 0 Å². The molecule has 0 saturated heterocycles. The number of rotatable bonds is 3. The summed E-state index contributed by atoms with van der Waals surface area (Å²) in [4.78, 5) is 2.29. The summed E-state index contributed by atoms with van der Waals surface area (Å²) in [6.45, 7) is 0. The van der Waals surface area contributed by atoms with Crippen LogP contribution in [0.1, 0.15) is 5.56 Å². The van der Waals surface area contributed by atoms with Crippen molar-refractivity contribution in [1.29, 1.82) is 0 Å². The van der Waals surface area contributed by atoms with Crippen molar-refractivity contribution >= 4 is 34.4 Å². The Morgan fingerprint density at radius 3 is 2.27 bits per heavy atom. The van der Waals surface area contributed by atoms with E-state index in [1.165, 1.54) is 0 Å². The van der Waals surface area contributed by atoms with E-state index in [0.29, 0.717) is 10.0 Å². The van der Waals surface area contributed by atoms with Crippen LogP contribution in [0.4, 0.5) is 0 Å². The van der Waals surface area contributed by atoms with Gasteiger partial charge >= 0.3 is 0 Å². The predicted octanol–water partition coefficient (Wildman–Crippen LogP) is 2.53. The van der Waals surface area contributed by atoms with Gasteiger partial charge in [0.15, 0.2) is 0 Å². The van der Waals surface area contributed by atoms with Gasteiger partial charge in [-0.3, -0.25) is 0 Å². The first kappa shape index (κ1) is 12.0. The third kappa shape index (κ3) is 3.53. The Labute approximate surface area is 100 Å². The molecule has 2 nitrogen and oxygen atoms in total. The molecule has 0 aliphatic heterocycles. The predicted molar refractivity (Wildman–Crippen MR) is 69.9 cm³/mol. The second kappa shape index (κ2) is 5.14. The first-order valence-corrected chi connectivity index (χ1v) is 5.23. The van der Waals surface area contributed by atoms with Gasteiger partial charge in [-0.25, -0.2) is 0 Å². The van der Waals surface area contributed by atoms with E-state index in [0.717, 1.165) is 11.1 Å². The highest BCUT2D eigenvalue weighted by Crippen LogP contribution is 2.18. The molecule has 4 heteroatoms. The van der Waals surface area contributed by atoms with Crippen LogP contribution in [0.2, 0.25) is 5.02 Å². The molecular formula is C11H13ClN2S. The van der Waals surface area contributed by atoms with Crippen molar-refractivity contribution < 1.29 is 0 Å². The van der Waals surface area contributed by atoms with Crippen molar-refractivity contribution in [3.05, 3.63) is 41.1 Å². The van der Waals surface area contributed by atoms with E-state index in [1.807, 2.05) is 49.5 Å². The van der Waals surface area contributed by atoms with E-state index in [2.05, 4.69) is 0 Å². The van der Waals surface area contributed by atoms with E-state index in [4.69, 9.17) is 29.6 Å². The molecule has 0 heterocycles. The van der Waals surface area contributed by atoms with E-state index in [-0.39, 0.29) is 0 Å². The van der Waals surface area contributed by atoms with Crippen LogP contribution in [0.15, 0.2) is 30.5 Å². The summed E-state index contributed by atoms with van der Waals surface area (Å²) in [5.74, 6) is 0. The molecule has 0 radical (unpaired) electrons. The minimum atomic E-state index is 0.381. The summed E-state index contributed by atoms with van der Waals surface area (Å²) in [6, 6.07) is 7.44. The molecule has 0 aromatic heterocycles. The first-order valence-electron chi connectivity index (χ1n) is 4.44. The molecule has 1 rings (SSSR count). The molecule has 0 aliphatic rings. The molecule has 0 saturated carbocycles. The number of hydrogen-bond donors (Lipinski definition) is 1. The summed E-state index contributed by atoms with van der Waals surface area (Å²) in [7, 11) is 3.85. The number of nitrogens with zero attached hydrogens (tertiary/aromatic N) is 1. The fourth-order valence-corrected chi connectivity index (χ4v) is 1.46. The van der Waals surface area contributed by atoms with Gasteiger partial charge in [-0.1, -0.05) is 36.0 Å². The van der Waals surface area contributed by atoms with Crippen LogP contribution in [0.3, 0.4) is 0 Å². The fraction of sp³-hybridized carbons (Fsp3) is 0.182. The maximum Gasteiger partial charge on any atom is 0.106 e. The maximum absolute atomic E-state index is 5.81. The minimum absolute atomic E-state index is 0.381. The Hall–Kier alpha value is -1.06. The van der Waals surface area contributed by atoms with Gasteiger partial charge in [-0.05, 0) is 17.7 Å². The lowest BCUT2D eigenvalue weighted by atomic mass is 10.1. The summed E-state index contributed by atoms with van der Waals surface area (Å²) < 4.78 is 0. The van der Waals surface area contributed by atoms with Gasteiger partial charge in [0.1, 0.15) is 4.99 Å². The smallest absolute Gasteiger partial charge is 0.106 e. The fourth-order valence-electron chi connectivity index (χ4n) is 1.17. The van der Waals surface area contributed by atoms with E-state index in [9.17, 15) is 0 Å². The molecule has 0 unspecified atom stereocenters. The van der Waals surface area contributed by atoms with E-state index in [1.54, 1.807) is 0 Å². The van der Waals surface area contributed by atoms with Crippen LogP contribution in [0.5, 0.6) is 0 Å². The van der Waals surface area contributed by atoms with Gasteiger partial charge < -0.3 is 10.6 Å². The normalized spacial score (nSPS) is 11.3. The molecule has 1 aromatic rings. The molecule has 80 valence electrons. The third-order valence-electron chi connectivity index (χ3n) is 1.81. The number of halogens is 1. The van der Waals surface area contributed by atoms with Crippen molar-refractivity contribution in [3.63, 3.8) is 0 Å². The number of hydrogen-bond acceptors (Lipinski definition) is 2. The summed E-state index contributed by atoms with van der Waals surface area (Å²) >= 11 is 10.8. The van der Waals surface area contributed by atoms with Crippen LogP contribution < -0.4 is 5.73 Å². The molecule has 1 aromatic carbocycles. The zero-order valence-corrected chi connectivity index (χ0v) is 10.3. The molecule has 0 amide bonds. The minimum Gasteiger partial charge on any atom is -0.389 e. The quantitative estimate of drug-likeness (QED) is 0.650. The van der Waals surface area contributed by atoms with Crippen LogP contribution in [-0.2, 0) is 0 Å². The van der Waals surface area contributed by atoms with E-state index >= 15 is 0 Å². The van der Waals surface area contributed by atoms with Gasteiger partial charge in [0, 0.05) is 30.9 Å². The second-order valence-corrected chi connectivity index (χ2v) is 4.25. The highest BCUT2D eigenvalue weighted by Gasteiger charge is 2.04. The molecule has 2 N–H and O–H groups in total. The highest BCUT2D eigenvalue weighted by atomic mass is 35.5. The van der Waals surface area contributed by atoms with Crippen LogP contribution in [-0.4, -0.2) is 24.0 Å². The van der Waals surface area contributed by atoms with E-state index < -0.39 is 0 Å². The van der Waals surface area contributed by atoms with Crippen molar-refractivity contribution in [2.24, 2.45) is 5.73 Å². The molecule has 0 spiro atoms. The lowest BCUT2D eigenvalue weighted by molar-refractivity contribution is 0.566. The van der Waals surface area contributed by atoms with Crippen molar-refractivity contribution in [2.75, 3.05) is 14.1 Å². The molecule has 0 fully saturated rings. The Balaban J connectivity index is 3.11. The number of thiocarbonyl (C=S) groups is 1. The first-order chi connectivity index (χ1) is 7.00. The molecule has 0 bridgehead atoms. The Kier molecular flexibility index (Phi) is 4.12. The highest BCUT2D eigenvalue weighted by molar-refractivity contribution is 7.81. The molecule has 15 heavy (non-hydrogen) atoms. The third-order valence-corrected chi connectivity index (χ3v) is 2.28. The zero-order valence-electron chi connectivity index (χ0n) is 8.70. The van der Waals surface area contributed by atoms with Gasteiger partial charge in [-0.2, -0.15) is 0 Å². The van der Waals surface area contributed by atoms with Crippen LogP contribution >= 0.6 is 23.8 Å². The Morgan fingerprint density at radius 1 is 1.33 bits per heavy atom. The van der Waals surface area contributed by atoms with Crippen molar-refractivity contribution in [1.82, 2.24) is 4.90 Å². The lowest BCUT2D eigenvalue weighted by Gasteiger charge is -2.11. The average molecular weight is 241 g/mol. The standard InChI is InChI=1S/C11H13ClN2S/c1-14(2)7-10(11(13)15)8-3-5-9(12)6-4-8/h3-7H,1-2H3,(H2,13,15)/b10-7+. The number of benzene rings is 1. The zero-order chi connectivity index (χ0) is 11.4. The molecule has 0 atom stereocenters. The Morgan fingerprint density at radius 2 is 1.87 bits per heavy atom. The van der Waals surface area contributed by atoms with Crippen molar-refractivity contribution in [2.45, 2.75) is 0 Å².